The van der Waals surface area contributed by atoms with Crippen LogP contribution in [-0.4, -0.2) is 36.1 Å². The molecule has 0 radical (unpaired) electrons. The van der Waals surface area contributed by atoms with Crippen molar-refractivity contribution in [2.45, 2.75) is 65.5 Å². The van der Waals surface area contributed by atoms with Crippen LogP contribution in [0.25, 0.3) is 0 Å². The van der Waals surface area contributed by atoms with Gasteiger partial charge in [0.25, 0.3) is 0 Å². The first-order valence-corrected chi connectivity index (χ1v) is 7.89. The molecule has 1 saturated heterocycles. The van der Waals surface area contributed by atoms with E-state index in [2.05, 4.69) is 44.8 Å². The highest BCUT2D eigenvalue weighted by atomic mass is 15.3. The molecule has 1 aliphatic heterocycles. The Morgan fingerprint density at radius 2 is 1.94 bits per heavy atom. The predicted octanol–water partition coefficient (Wildman–Crippen LogP) is 3.13. The van der Waals surface area contributed by atoms with Crippen molar-refractivity contribution in [1.29, 1.82) is 0 Å². The van der Waals surface area contributed by atoms with E-state index in [0.29, 0.717) is 5.54 Å². The summed E-state index contributed by atoms with van der Waals surface area (Å²) < 4.78 is 0. The van der Waals surface area contributed by atoms with E-state index in [0.717, 1.165) is 30.3 Å². The zero-order valence-corrected chi connectivity index (χ0v) is 13.0. The molecular weight excluding hydrogens is 220 g/mol. The second-order valence-corrected chi connectivity index (χ2v) is 7.58. The van der Waals surface area contributed by atoms with Gasteiger partial charge in [-0.25, -0.2) is 0 Å². The molecule has 1 heterocycles. The van der Waals surface area contributed by atoms with Gasteiger partial charge in [0.05, 0.1) is 0 Å². The molecule has 1 saturated carbocycles. The fourth-order valence-electron chi connectivity index (χ4n) is 4.12. The van der Waals surface area contributed by atoms with Crippen molar-refractivity contribution in [2.24, 2.45) is 17.8 Å². The smallest absolute Gasteiger partial charge is 0.0281 e. The van der Waals surface area contributed by atoms with Crippen LogP contribution in [0.3, 0.4) is 0 Å². The highest BCUT2D eigenvalue weighted by molar-refractivity contribution is 4.97. The number of rotatable bonds is 2. The van der Waals surface area contributed by atoms with Crippen LogP contribution < -0.4 is 5.32 Å². The summed E-state index contributed by atoms with van der Waals surface area (Å²) >= 11 is 0. The molecule has 2 fully saturated rings. The van der Waals surface area contributed by atoms with Crippen LogP contribution in [0.1, 0.15) is 53.9 Å². The monoisotopic (exact) mass is 252 g/mol. The van der Waals surface area contributed by atoms with Crippen molar-refractivity contribution < 1.29 is 0 Å². The predicted molar refractivity (Wildman–Crippen MR) is 78.8 cm³/mol. The van der Waals surface area contributed by atoms with Crippen LogP contribution in [0, 0.1) is 17.8 Å². The van der Waals surface area contributed by atoms with Gasteiger partial charge in [-0.1, -0.05) is 27.2 Å². The Kier molecular flexibility index (Phi) is 4.38. The number of hydrogen-bond acceptors (Lipinski definition) is 2. The third-order valence-corrected chi connectivity index (χ3v) is 5.25. The summed E-state index contributed by atoms with van der Waals surface area (Å²) in [7, 11) is 0. The van der Waals surface area contributed by atoms with Crippen molar-refractivity contribution in [3.8, 4) is 0 Å². The quantitative estimate of drug-likeness (QED) is 0.812. The summed E-state index contributed by atoms with van der Waals surface area (Å²) in [6.45, 7) is 15.6. The van der Waals surface area contributed by atoms with E-state index < -0.39 is 0 Å². The van der Waals surface area contributed by atoms with Gasteiger partial charge in [0.2, 0.25) is 0 Å². The van der Waals surface area contributed by atoms with Crippen LogP contribution in [0.5, 0.6) is 0 Å². The minimum absolute atomic E-state index is 0.327. The van der Waals surface area contributed by atoms with Gasteiger partial charge in [-0.2, -0.15) is 0 Å². The summed E-state index contributed by atoms with van der Waals surface area (Å²) in [5.41, 5.74) is 0.327. The second-order valence-electron chi connectivity index (χ2n) is 7.58. The van der Waals surface area contributed by atoms with E-state index in [-0.39, 0.29) is 0 Å². The standard InChI is InChI=1S/C16H32N2/c1-12(2)14-7-6-13(3)10-15(14)18-9-8-17-11-16(18,4)5/h12-15,17H,6-11H2,1-5H3. The van der Waals surface area contributed by atoms with Gasteiger partial charge in [0, 0.05) is 31.2 Å². The minimum Gasteiger partial charge on any atom is -0.314 e. The maximum atomic E-state index is 3.56. The summed E-state index contributed by atoms with van der Waals surface area (Å²) in [5, 5.41) is 3.56. The molecule has 3 unspecified atom stereocenters. The molecule has 3 atom stereocenters. The minimum atomic E-state index is 0.327. The molecule has 0 amide bonds. The average molecular weight is 252 g/mol. The molecule has 2 heteroatoms. The molecule has 106 valence electrons. The van der Waals surface area contributed by atoms with Crippen molar-refractivity contribution in [2.75, 3.05) is 19.6 Å². The Labute approximate surface area is 114 Å². The maximum absolute atomic E-state index is 3.56. The summed E-state index contributed by atoms with van der Waals surface area (Å²) in [5.74, 6) is 2.64. The van der Waals surface area contributed by atoms with Gasteiger partial charge >= 0.3 is 0 Å². The lowest BCUT2D eigenvalue weighted by Crippen LogP contribution is -2.63. The van der Waals surface area contributed by atoms with E-state index in [1.54, 1.807) is 0 Å². The SMILES string of the molecule is CC1CCC(C(C)C)C(N2CCNCC2(C)C)C1. The second kappa shape index (κ2) is 5.50. The highest BCUT2D eigenvalue weighted by Crippen LogP contribution is 2.39. The molecule has 0 aromatic heterocycles. The molecule has 1 aliphatic carbocycles. The first-order chi connectivity index (χ1) is 8.42. The van der Waals surface area contributed by atoms with Gasteiger partial charge in [-0.15, -0.1) is 0 Å². The largest absolute Gasteiger partial charge is 0.314 e. The van der Waals surface area contributed by atoms with Crippen LogP contribution in [0.15, 0.2) is 0 Å². The van der Waals surface area contributed by atoms with Crippen molar-refractivity contribution in [1.82, 2.24) is 10.2 Å². The van der Waals surface area contributed by atoms with E-state index in [1.165, 1.54) is 32.4 Å². The first-order valence-electron chi connectivity index (χ1n) is 7.89. The van der Waals surface area contributed by atoms with E-state index in [4.69, 9.17) is 0 Å². The number of hydrogen-bond donors (Lipinski definition) is 1. The highest BCUT2D eigenvalue weighted by Gasteiger charge is 2.41. The zero-order valence-electron chi connectivity index (χ0n) is 13.0. The third kappa shape index (κ3) is 2.91. The van der Waals surface area contributed by atoms with Crippen molar-refractivity contribution in [3.63, 3.8) is 0 Å². The van der Waals surface area contributed by atoms with Gasteiger partial charge < -0.3 is 5.32 Å². The zero-order chi connectivity index (χ0) is 13.3. The first kappa shape index (κ1) is 14.3. The molecule has 2 nitrogen and oxygen atoms in total. The van der Waals surface area contributed by atoms with Crippen LogP contribution in [0.2, 0.25) is 0 Å². The Morgan fingerprint density at radius 1 is 1.22 bits per heavy atom. The van der Waals surface area contributed by atoms with E-state index in [1.807, 2.05) is 0 Å². The number of piperazine rings is 1. The van der Waals surface area contributed by atoms with Gasteiger partial charge in [0.15, 0.2) is 0 Å². The topological polar surface area (TPSA) is 15.3 Å². The molecule has 0 spiro atoms. The van der Waals surface area contributed by atoms with Gasteiger partial charge in [-0.05, 0) is 44.4 Å². The Bertz CT molecular complexity index is 272. The maximum Gasteiger partial charge on any atom is 0.0281 e. The number of nitrogens with zero attached hydrogens (tertiary/aromatic N) is 1. The van der Waals surface area contributed by atoms with E-state index in [9.17, 15) is 0 Å². The van der Waals surface area contributed by atoms with Gasteiger partial charge in [0.1, 0.15) is 0 Å². The lowest BCUT2D eigenvalue weighted by atomic mass is 9.72. The lowest BCUT2D eigenvalue weighted by molar-refractivity contribution is -0.0205. The summed E-state index contributed by atoms with van der Waals surface area (Å²) in [4.78, 5) is 2.82. The molecule has 2 rings (SSSR count). The molecule has 18 heavy (non-hydrogen) atoms. The van der Waals surface area contributed by atoms with Crippen LogP contribution >= 0.6 is 0 Å². The normalized spacial score (nSPS) is 38.0. The van der Waals surface area contributed by atoms with Crippen molar-refractivity contribution >= 4 is 0 Å². The van der Waals surface area contributed by atoms with Crippen LogP contribution in [0.4, 0.5) is 0 Å². The fraction of sp³-hybridized carbons (Fsp3) is 1.00. The Hall–Kier alpha value is -0.0800. The Morgan fingerprint density at radius 3 is 2.56 bits per heavy atom. The third-order valence-electron chi connectivity index (χ3n) is 5.25. The summed E-state index contributed by atoms with van der Waals surface area (Å²) in [6.07, 6.45) is 4.28. The number of nitrogens with one attached hydrogen (secondary N) is 1. The van der Waals surface area contributed by atoms with Gasteiger partial charge in [-0.3, -0.25) is 4.90 Å². The molecule has 0 aromatic rings. The fourth-order valence-corrected chi connectivity index (χ4v) is 4.12. The molecule has 0 aromatic carbocycles. The molecule has 1 N–H and O–H groups in total. The van der Waals surface area contributed by atoms with Crippen molar-refractivity contribution in [3.05, 3.63) is 0 Å². The lowest BCUT2D eigenvalue weighted by Gasteiger charge is -2.52. The molecule has 0 bridgehead atoms. The molecule has 2 aliphatic rings. The molecular formula is C16H32N2. The van der Waals surface area contributed by atoms with E-state index >= 15 is 0 Å². The van der Waals surface area contributed by atoms with Crippen LogP contribution in [-0.2, 0) is 0 Å². The average Bonchev–Trinajstić information content (AvgIpc) is 2.27. The summed E-state index contributed by atoms with van der Waals surface area (Å²) in [6, 6.07) is 0.811. The Balaban J connectivity index is 2.15.